The Hall–Kier alpha value is -4.93. The van der Waals surface area contributed by atoms with Gasteiger partial charge < -0.3 is 20.4 Å². The smallest absolute Gasteiger partial charge is 0.272 e. The van der Waals surface area contributed by atoms with Crippen LogP contribution in [-0.4, -0.2) is 23.0 Å². The number of amides is 3. The van der Waals surface area contributed by atoms with Gasteiger partial charge in [-0.3, -0.25) is 14.4 Å². The van der Waals surface area contributed by atoms with Gasteiger partial charge in [-0.2, -0.15) is 0 Å². The fraction of sp³-hybridized carbons (Fsp3) is 0.0833. The predicted octanol–water partition coefficient (Wildman–Crippen LogP) is 8.69. The van der Waals surface area contributed by atoms with Gasteiger partial charge in [0, 0.05) is 32.3 Å². The van der Waals surface area contributed by atoms with Gasteiger partial charge in [-0.25, -0.2) is 4.39 Å². The van der Waals surface area contributed by atoms with E-state index in [-0.39, 0.29) is 17.3 Å². The monoisotopic (exact) mass is 697 g/mol. The predicted molar refractivity (Wildman–Crippen MR) is 184 cm³/mol. The molecule has 5 rings (SSSR count). The van der Waals surface area contributed by atoms with Crippen molar-refractivity contribution in [1.29, 1.82) is 0 Å². The van der Waals surface area contributed by atoms with E-state index in [9.17, 15) is 18.8 Å². The highest BCUT2D eigenvalue weighted by molar-refractivity contribution is 9.10. The third-order valence-electron chi connectivity index (χ3n) is 6.76. The molecule has 0 bridgehead atoms. The average Bonchev–Trinajstić information content (AvgIpc) is 3.52. The van der Waals surface area contributed by atoms with Crippen molar-refractivity contribution < 1.29 is 23.2 Å². The van der Waals surface area contributed by atoms with E-state index in [4.69, 9.17) is 4.42 Å². The SMILES string of the molecule is Cc1ccc(-c2ccc(/C=C(/NC(=O)c3ccccc3)C(=O)Nc3ccc(S[C@H](C)C(=O)Nc4ccc(Br)cc4F)cc3)o2)cc1. The van der Waals surface area contributed by atoms with E-state index in [0.29, 0.717) is 27.2 Å². The normalized spacial score (nSPS) is 11.9. The third kappa shape index (κ3) is 8.62. The quantitative estimate of drug-likeness (QED) is 0.100. The molecule has 1 heterocycles. The fourth-order valence-electron chi connectivity index (χ4n) is 4.29. The van der Waals surface area contributed by atoms with Crippen LogP contribution in [-0.2, 0) is 9.59 Å². The van der Waals surface area contributed by atoms with Crippen molar-refractivity contribution in [3.63, 3.8) is 0 Å². The summed E-state index contributed by atoms with van der Waals surface area (Å²) >= 11 is 4.49. The molecule has 7 nitrogen and oxygen atoms in total. The molecular formula is C36H29BrFN3O4S. The second kappa shape index (κ2) is 14.9. The Bertz CT molecular complexity index is 1890. The highest BCUT2D eigenvalue weighted by Gasteiger charge is 2.18. The molecule has 0 radical (unpaired) electrons. The number of aryl methyl sites for hydroxylation is 1. The third-order valence-corrected chi connectivity index (χ3v) is 8.37. The van der Waals surface area contributed by atoms with Crippen molar-refractivity contribution in [2.45, 2.75) is 24.0 Å². The van der Waals surface area contributed by atoms with Crippen molar-refractivity contribution in [3.05, 3.63) is 142 Å². The molecule has 4 aromatic carbocycles. The number of rotatable bonds is 10. The van der Waals surface area contributed by atoms with E-state index < -0.39 is 22.9 Å². The minimum atomic E-state index is -0.553. The molecule has 0 spiro atoms. The summed E-state index contributed by atoms with van der Waals surface area (Å²) in [5.74, 6) is -0.880. The van der Waals surface area contributed by atoms with Crippen molar-refractivity contribution >= 4 is 62.9 Å². The zero-order chi connectivity index (χ0) is 32.6. The summed E-state index contributed by atoms with van der Waals surface area (Å²) < 4.78 is 20.7. The van der Waals surface area contributed by atoms with Crippen molar-refractivity contribution in [2.75, 3.05) is 10.6 Å². The van der Waals surface area contributed by atoms with Crippen LogP contribution in [0.3, 0.4) is 0 Å². The molecule has 0 aliphatic carbocycles. The Kier molecular flexibility index (Phi) is 10.5. The Morgan fingerprint density at radius 3 is 2.28 bits per heavy atom. The van der Waals surface area contributed by atoms with Crippen molar-refractivity contribution in [2.24, 2.45) is 0 Å². The summed E-state index contributed by atoms with van der Waals surface area (Å²) in [5, 5.41) is 7.60. The molecular weight excluding hydrogens is 669 g/mol. The fourth-order valence-corrected chi connectivity index (χ4v) is 5.49. The lowest BCUT2D eigenvalue weighted by atomic mass is 10.1. The molecule has 10 heteroatoms. The minimum absolute atomic E-state index is 0.0115. The Balaban J connectivity index is 1.28. The average molecular weight is 699 g/mol. The minimum Gasteiger partial charge on any atom is -0.457 e. The maximum absolute atomic E-state index is 14.2. The first-order valence-electron chi connectivity index (χ1n) is 14.2. The summed E-state index contributed by atoms with van der Waals surface area (Å²) in [6, 6.07) is 31.3. The van der Waals surface area contributed by atoms with Gasteiger partial charge in [0.05, 0.1) is 10.9 Å². The van der Waals surface area contributed by atoms with Gasteiger partial charge in [0.1, 0.15) is 23.0 Å². The van der Waals surface area contributed by atoms with Gasteiger partial charge in [-0.05, 0) is 80.6 Å². The molecule has 1 aromatic heterocycles. The van der Waals surface area contributed by atoms with Crippen LogP contribution in [0.1, 0.15) is 28.6 Å². The number of thioether (sulfide) groups is 1. The van der Waals surface area contributed by atoms with E-state index in [0.717, 1.165) is 16.0 Å². The summed E-state index contributed by atoms with van der Waals surface area (Å²) in [6.45, 7) is 3.72. The molecule has 3 amide bonds. The van der Waals surface area contributed by atoms with Gasteiger partial charge in [-0.15, -0.1) is 11.8 Å². The molecule has 0 fully saturated rings. The van der Waals surface area contributed by atoms with Crippen LogP contribution < -0.4 is 16.0 Å². The van der Waals surface area contributed by atoms with Crippen LogP contribution in [0.25, 0.3) is 17.4 Å². The Morgan fingerprint density at radius 2 is 1.59 bits per heavy atom. The number of halogens is 2. The van der Waals surface area contributed by atoms with Crippen LogP contribution >= 0.6 is 27.7 Å². The first-order chi connectivity index (χ1) is 22.1. The lowest BCUT2D eigenvalue weighted by molar-refractivity contribution is -0.115. The van der Waals surface area contributed by atoms with Crippen molar-refractivity contribution in [1.82, 2.24) is 5.32 Å². The van der Waals surface area contributed by atoms with E-state index in [2.05, 4.69) is 31.9 Å². The molecule has 0 saturated heterocycles. The molecule has 0 saturated carbocycles. The topological polar surface area (TPSA) is 100 Å². The number of carbonyl (C=O) groups is 3. The lowest BCUT2D eigenvalue weighted by Crippen LogP contribution is -2.30. The molecule has 1 atom stereocenters. The number of hydrogen-bond donors (Lipinski definition) is 3. The van der Waals surface area contributed by atoms with Crippen molar-refractivity contribution in [3.8, 4) is 11.3 Å². The molecule has 0 unspecified atom stereocenters. The number of benzene rings is 4. The van der Waals surface area contributed by atoms with E-state index in [1.54, 1.807) is 79.7 Å². The molecule has 5 aromatic rings. The van der Waals surface area contributed by atoms with Gasteiger partial charge >= 0.3 is 0 Å². The molecule has 46 heavy (non-hydrogen) atoms. The zero-order valence-electron chi connectivity index (χ0n) is 24.8. The summed E-state index contributed by atoms with van der Waals surface area (Å²) in [4.78, 5) is 39.9. The lowest BCUT2D eigenvalue weighted by Gasteiger charge is -2.14. The summed E-state index contributed by atoms with van der Waals surface area (Å²) in [6.07, 6.45) is 1.48. The number of furan rings is 1. The largest absolute Gasteiger partial charge is 0.457 e. The summed E-state index contributed by atoms with van der Waals surface area (Å²) in [5.41, 5.74) is 2.96. The Morgan fingerprint density at radius 1 is 0.870 bits per heavy atom. The molecule has 0 aliphatic rings. The number of anilines is 2. The van der Waals surface area contributed by atoms with E-state index in [1.807, 2.05) is 31.2 Å². The van der Waals surface area contributed by atoms with Crippen LogP contribution in [0.4, 0.5) is 15.8 Å². The molecule has 0 aliphatic heterocycles. The van der Waals surface area contributed by atoms with E-state index in [1.165, 1.54) is 30.0 Å². The van der Waals surface area contributed by atoms with Crippen LogP contribution in [0, 0.1) is 12.7 Å². The maximum Gasteiger partial charge on any atom is 0.272 e. The zero-order valence-corrected chi connectivity index (χ0v) is 27.2. The highest BCUT2D eigenvalue weighted by atomic mass is 79.9. The van der Waals surface area contributed by atoms with Crippen LogP contribution in [0.5, 0.6) is 0 Å². The first kappa shape index (κ1) is 32.5. The van der Waals surface area contributed by atoms with Gasteiger partial charge in [-0.1, -0.05) is 64.0 Å². The standard InChI is InChI=1S/C36H29BrFN3O4S/c1-22-8-10-24(11-9-22)33-19-15-28(45-33)21-32(41-35(43)25-6-4-3-5-7-25)36(44)39-27-13-16-29(17-14-27)46-23(2)34(42)40-31-18-12-26(37)20-30(31)38/h3-21,23H,1-2H3,(H,39,44)(H,40,42)(H,41,43)/b32-21+/t23-/m1/s1. The van der Waals surface area contributed by atoms with Gasteiger partial charge in [0.25, 0.3) is 11.8 Å². The second-order valence-electron chi connectivity index (χ2n) is 10.3. The summed E-state index contributed by atoms with van der Waals surface area (Å²) in [7, 11) is 0. The molecule has 3 N–H and O–H groups in total. The highest BCUT2D eigenvalue weighted by Crippen LogP contribution is 2.28. The maximum atomic E-state index is 14.2. The van der Waals surface area contributed by atoms with Crippen LogP contribution in [0.2, 0.25) is 0 Å². The van der Waals surface area contributed by atoms with Gasteiger partial charge in [0.2, 0.25) is 5.91 Å². The number of hydrogen-bond acceptors (Lipinski definition) is 5. The second-order valence-corrected chi connectivity index (χ2v) is 12.6. The number of carbonyl (C=O) groups excluding carboxylic acids is 3. The van der Waals surface area contributed by atoms with Crippen LogP contribution in [0.15, 0.2) is 129 Å². The molecule has 232 valence electrons. The van der Waals surface area contributed by atoms with Gasteiger partial charge in [0.15, 0.2) is 0 Å². The first-order valence-corrected chi connectivity index (χ1v) is 15.9. The van der Waals surface area contributed by atoms with E-state index >= 15 is 0 Å². The number of nitrogens with one attached hydrogen (secondary N) is 3. The Labute approximate surface area is 278 Å².